The summed E-state index contributed by atoms with van der Waals surface area (Å²) >= 11 is -0.839. The van der Waals surface area contributed by atoms with E-state index in [1.165, 1.54) is 45.6 Å². The molecule has 0 heterocycles. The SMILES string of the molecule is CCC[CH2][Sn]([CH2]CCC)[CH2]CCC.COP(O)O. The summed E-state index contributed by atoms with van der Waals surface area (Å²) in [4.78, 5) is 15.5. The zero-order valence-electron chi connectivity index (χ0n) is 12.6. The normalized spacial score (nSPS) is 10.7. The van der Waals surface area contributed by atoms with Crippen LogP contribution in [0.15, 0.2) is 0 Å². The summed E-state index contributed by atoms with van der Waals surface area (Å²) in [6.07, 6.45) is 8.85. The molecule has 0 rings (SSSR count). The molecule has 1 radical (unpaired) electrons. The summed E-state index contributed by atoms with van der Waals surface area (Å²) in [6.45, 7) is 7.00. The van der Waals surface area contributed by atoms with Gasteiger partial charge in [0.2, 0.25) is 0 Å². The van der Waals surface area contributed by atoms with E-state index in [2.05, 4.69) is 25.3 Å². The van der Waals surface area contributed by atoms with Crippen LogP contribution in [0.1, 0.15) is 59.3 Å². The van der Waals surface area contributed by atoms with E-state index in [1.807, 2.05) is 0 Å². The van der Waals surface area contributed by atoms with Gasteiger partial charge in [0, 0.05) is 7.11 Å². The minimum Gasteiger partial charge on any atom is -0.328 e. The van der Waals surface area contributed by atoms with Crippen molar-refractivity contribution in [1.82, 2.24) is 0 Å². The average Bonchev–Trinajstić information content (AvgIpc) is 2.38. The van der Waals surface area contributed by atoms with Gasteiger partial charge in [-0.05, 0) is 0 Å². The zero-order chi connectivity index (χ0) is 14.2. The number of unbranched alkanes of at least 4 members (excludes halogenated alkanes) is 3. The molecule has 2 N–H and O–H groups in total. The van der Waals surface area contributed by atoms with E-state index in [9.17, 15) is 0 Å². The molecule has 0 unspecified atom stereocenters. The largest absolute Gasteiger partial charge is 0.328 e. The molecule has 0 saturated carbocycles. The van der Waals surface area contributed by atoms with Crippen molar-refractivity contribution < 1.29 is 14.3 Å². The Morgan fingerprint density at radius 3 is 1.28 bits per heavy atom. The summed E-state index contributed by atoms with van der Waals surface area (Å²) in [6, 6.07) is 0. The summed E-state index contributed by atoms with van der Waals surface area (Å²) in [5.41, 5.74) is 0. The third-order valence-electron chi connectivity index (χ3n) is 2.81. The zero-order valence-corrected chi connectivity index (χ0v) is 16.4. The molecule has 0 aliphatic carbocycles. The molecule has 0 aromatic rings. The van der Waals surface area contributed by atoms with Gasteiger partial charge in [-0.25, -0.2) is 0 Å². The van der Waals surface area contributed by atoms with Crippen LogP contribution in [0.5, 0.6) is 0 Å². The number of hydrogen-bond acceptors (Lipinski definition) is 3. The Morgan fingerprint density at radius 2 is 1.11 bits per heavy atom. The third-order valence-corrected chi connectivity index (χ3v) is 12.2. The molecule has 0 fully saturated rings. The molecular weight excluding hydrogens is 354 g/mol. The standard InChI is InChI=1S/3C4H9.CH5O3P.Sn/c3*1-3-4-2;1-4-5(2)3;/h3*1,3-4H2,2H3;2-3H,1H3;. The molecule has 0 atom stereocenters. The average molecular weight is 386 g/mol. The fourth-order valence-corrected chi connectivity index (χ4v) is 11.1. The molecule has 0 aromatic heterocycles. The molecule has 3 nitrogen and oxygen atoms in total. The molecule has 0 saturated heterocycles. The van der Waals surface area contributed by atoms with Crippen molar-refractivity contribution in [3.63, 3.8) is 0 Å². The summed E-state index contributed by atoms with van der Waals surface area (Å²) < 4.78 is 8.96. The first-order valence-electron chi connectivity index (χ1n) is 7.17. The van der Waals surface area contributed by atoms with Crippen LogP contribution in [0.3, 0.4) is 0 Å². The van der Waals surface area contributed by atoms with Crippen LogP contribution < -0.4 is 0 Å². The smallest absolute Gasteiger partial charge is 0.326 e. The van der Waals surface area contributed by atoms with Gasteiger partial charge < -0.3 is 14.3 Å². The van der Waals surface area contributed by atoms with Crippen LogP contribution in [0.4, 0.5) is 0 Å². The third kappa shape index (κ3) is 19.4. The maximum atomic E-state index is 7.76. The van der Waals surface area contributed by atoms with Gasteiger partial charge in [-0.1, -0.05) is 0 Å². The van der Waals surface area contributed by atoms with E-state index < -0.39 is 28.4 Å². The Balaban J connectivity index is 0. The minimum atomic E-state index is -2.10. The Labute approximate surface area is 122 Å². The topological polar surface area (TPSA) is 49.7 Å². The van der Waals surface area contributed by atoms with E-state index >= 15 is 0 Å². The van der Waals surface area contributed by atoms with Crippen LogP contribution in [0.2, 0.25) is 13.3 Å². The van der Waals surface area contributed by atoms with Gasteiger partial charge in [-0.2, -0.15) is 0 Å². The Bertz CT molecular complexity index is 129. The van der Waals surface area contributed by atoms with Gasteiger partial charge in [0.05, 0.1) is 0 Å². The van der Waals surface area contributed by atoms with Crippen LogP contribution in [0, 0.1) is 0 Å². The van der Waals surface area contributed by atoms with Crippen LogP contribution >= 0.6 is 8.60 Å². The van der Waals surface area contributed by atoms with Gasteiger partial charge in [-0.3, -0.25) is 0 Å². The Kier molecular flexibility index (Phi) is 21.5. The van der Waals surface area contributed by atoms with Crippen molar-refractivity contribution in [3.8, 4) is 0 Å². The second-order valence-electron chi connectivity index (χ2n) is 4.50. The van der Waals surface area contributed by atoms with Gasteiger partial charge in [0.15, 0.2) is 0 Å². The first kappa shape index (κ1) is 21.4. The van der Waals surface area contributed by atoms with E-state index in [0.717, 1.165) is 0 Å². The van der Waals surface area contributed by atoms with E-state index in [1.54, 1.807) is 13.3 Å². The van der Waals surface area contributed by atoms with Gasteiger partial charge >= 0.3 is 101 Å². The molecule has 5 heteroatoms. The molecule has 0 aliphatic heterocycles. The summed E-state index contributed by atoms with van der Waals surface area (Å²) in [7, 11) is -0.870. The first-order chi connectivity index (χ1) is 8.62. The Hall–Kier alpha value is 1.11. The molecule has 0 aliphatic rings. The van der Waals surface area contributed by atoms with Gasteiger partial charge in [0.25, 0.3) is 0 Å². The van der Waals surface area contributed by atoms with Crippen molar-refractivity contribution in [2.24, 2.45) is 0 Å². The molecule has 0 bridgehead atoms. The van der Waals surface area contributed by atoms with E-state index in [0.29, 0.717) is 0 Å². The van der Waals surface area contributed by atoms with Crippen molar-refractivity contribution in [2.75, 3.05) is 7.11 Å². The number of hydrogen-bond donors (Lipinski definition) is 2. The molecule has 0 spiro atoms. The monoisotopic (exact) mass is 387 g/mol. The second-order valence-corrected chi connectivity index (χ2v) is 13.9. The molecule has 111 valence electrons. The second kappa shape index (κ2) is 18.1. The van der Waals surface area contributed by atoms with Gasteiger partial charge in [-0.15, -0.1) is 0 Å². The predicted octanol–water partition coefficient (Wildman–Crippen LogP) is 4.73. The quantitative estimate of drug-likeness (QED) is 0.422. The molecule has 18 heavy (non-hydrogen) atoms. The molecule has 0 aromatic carbocycles. The summed E-state index contributed by atoms with van der Waals surface area (Å²) in [5, 5.41) is 0. The minimum absolute atomic E-state index is 0.839. The predicted molar refractivity (Wildman–Crippen MR) is 83.3 cm³/mol. The van der Waals surface area contributed by atoms with Crippen molar-refractivity contribution in [3.05, 3.63) is 0 Å². The fraction of sp³-hybridized carbons (Fsp3) is 1.00. The van der Waals surface area contributed by atoms with Crippen molar-refractivity contribution >= 4 is 28.4 Å². The van der Waals surface area contributed by atoms with Crippen molar-refractivity contribution in [1.29, 1.82) is 0 Å². The summed E-state index contributed by atoms with van der Waals surface area (Å²) in [5.74, 6) is 0. The molecular formula is C13H32O3PSn. The first-order valence-corrected chi connectivity index (χ1v) is 14.4. The molecule has 0 amide bonds. The van der Waals surface area contributed by atoms with Crippen molar-refractivity contribution in [2.45, 2.75) is 72.6 Å². The Morgan fingerprint density at radius 1 is 0.833 bits per heavy atom. The van der Waals surface area contributed by atoms with Crippen LogP contribution in [0.25, 0.3) is 0 Å². The van der Waals surface area contributed by atoms with E-state index in [-0.39, 0.29) is 0 Å². The van der Waals surface area contributed by atoms with Crippen LogP contribution in [-0.2, 0) is 4.52 Å². The maximum Gasteiger partial charge on any atom is 0.326 e. The van der Waals surface area contributed by atoms with Crippen LogP contribution in [-0.4, -0.2) is 36.7 Å². The maximum absolute atomic E-state index is 7.76. The van der Waals surface area contributed by atoms with Gasteiger partial charge in [0.1, 0.15) is 0 Å². The fourth-order valence-electron chi connectivity index (χ4n) is 1.66. The number of rotatable bonds is 10. The van der Waals surface area contributed by atoms with E-state index in [4.69, 9.17) is 9.79 Å².